The van der Waals surface area contributed by atoms with E-state index in [1.165, 1.54) is 6.07 Å². The molecule has 2 aromatic carbocycles. The molecular formula is C16H13ClFNO. The lowest BCUT2D eigenvalue weighted by Gasteiger charge is -2.20. The molecule has 0 radical (unpaired) electrons. The van der Waals surface area contributed by atoms with E-state index >= 15 is 0 Å². The summed E-state index contributed by atoms with van der Waals surface area (Å²) in [5, 5.41) is 0.509. The highest BCUT2D eigenvalue weighted by Crippen LogP contribution is 2.35. The molecule has 0 amide bonds. The van der Waals surface area contributed by atoms with Crippen LogP contribution in [0.2, 0.25) is 5.02 Å². The molecule has 2 aromatic rings. The number of rotatable bonds is 4. The molecule has 0 aliphatic carbocycles. The number of nitrogens with zero attached hydrogens (tertiary/aromatic N) is 1. The molecule has 0 saturated carbocycles. The van der Waals surface area contributed by atoms with E-state index in [1.54, 1.807) is 36.4 Å². The lowest BCUT2D eigenvalue weighted by molar-refractivity contribution is 0.442. The Labute approximate surface area is 122 Å². The SMILES string of the molecule is C#CCN(C)c1ccc(Cl)cc1Oc1ccccc1F. The van der Waals surface area contributed by atoms with Gasteiger partial charge in [0.25, 0.3) is 0 Å². The van der Waals surface area contributed by atoms with Crippen LogP contribution in [-0.4, -0.2) is 13.6 Å². The van der Waals surface area contributed by atoms with Crippen molar-refractivity contribution in [3.8, 4) is 23.8 Å². The fraction of sp³-hybridized carbons (Fsp3) is 0.125. The van der Waals surface area contributed by atoms with Crippen molar-refractivity contribution in [2.45, 2.75) is 0 Å². The molecule has 0 fully saturated rings. The highest BCUT2D eigenvalue weighted by atomic mass is 35.5. The summed E-state index contributed by atoms with van der Waals surface area (Å²) in [6, 6.07) is 11.4. The van der Waals surface area contributed by atoms with Crippen LogP contribution in [0.5, 0.6) is 11.5 Å². The third-order valence-corrected chi connectivity index (χ3v) is 2.95. The molecule has 0 aromatic heterocycles. The first kappa shape index (κ1) is 14.2. The van der Waals surface area contributed by atoms with Crippen LogP contribution in [0.25, 0.3) is 0 Å². The van der Waals surface area contributed by atoms with Gasteiger partial charge in [-0.05, 0) is 24.3 Å². The molecule has 0 bridgehead atoms. The lowest BCUT2D eigenvalue weighted by atomic mass is 10.2. The van der Waals surface area contributed by atoms with E-state index in [4.69, 9.17) is 22.8 Å². The molecule has 0 unspecified atom stereocenters. The molecule has 2 rings (SSSR count). The normalized spacial score (nSPS) is 9.90. The van der Waals surface area contributed by atoms with Gasteiger partial charge in [-0.15, -0.1) is 6.42 Å². The maximum Gasteiger partial charge on any atom is 0.165 e. The minimum absolute atomic E-state index is 0.144. The van der Waals surface area contributed by atoms with E-state index in [0.29, 0.717) is 17.3 Å². The van der Waals surface area contributed by atoms with Crippen molar-refractivity contribution >= 4 is 17.3 Å². The largest absolute Gasteiger partial charge is 0.452 e. The van der Waals surface area contributed by atoms with Crippen LogP contribution in [-0.2, 0) is 0 Å². The first-order chi connectivity index (χ1) is 9.61. The maximum absolute atomic E-state index is 13.7. The second kappa shape index (κ2) is 6.31. The predicted molar refractivity (Wildman–Crippen MR) is 80.0 cm³/mol. The fourth-order valence-corrected chi connectivity index (χ4v) is 1.92. The molecule has 0 N–H and O–H groups in total. The Kier molecular flexibility index (Phi) is 4.49. The van der Waals surface area contributed by atoms with Crippen LogP contribution in [0.4, 0.5) is 10.1 Å². The Balaban J connectivity index is 2.38. The predicted octanol–water partition coefficient (Wildman–Crippen LogP) is 4.34. The molecule has 2 nitrogen and oxygen atoms in total. The summed E-state index contributed by atoms with van der Waals surface area (Å²) in [5.41, 5.74) is 0.746. The monoisotopic (exact) mass is 289 g/mol. The fourth-order valence-electron chi connectivity index (χ4n) is 1.75. The van der Waals surface area contributed by atoms with Gasteiger partial charge in [-0.1, -0.05) is 29.7 Å². The Morgan fingerprint density at radius 3 is 2.70 bits per heavy atom. The van der Waals surface area contributed by atoms with Crippen molar-refractivity contribution in [2.24, 2.45) is 0 Å². The smallest absolute Gasteiger partial charge is 0.165 e. The van der Waals surface area contributed by atoms with E-state index in [1.807, 2.05) is 11.9 Å². The van der Waals surface area contributed by atoms with Gasteiger partial charge in [-0.25, -0.2) is 4.39 Å². The summed E-state index contributed by atoms with van der Waals surface area (Å²) in [5.74, 6) is 2.72. The number of anilines is 1. The van der Waals surface area contributed by atoms with Crippen molar-refractivity contribution < 1.29 is 9.13 Å². The zero-order valence-corrected chi connectivity index (χ0v) is 11.7. The Morgan fingerprint density at radius 2 is 2.00 bits per heavy atom. The van der Waals surface area contributed by atoms with Gasteiger partial charge in [-0.3, -0.25) is 0 Å². The Hall–Kier alpha value is -2.18. The Bertz CT molecular complexity index is 651. The summed E-state index contributed by atoms with van der Waals surface area (Å²) in [7, 11) is 1.83. The van der Waals surface area contributed by atoms with E-state index in [2.05, 4.69) is 5.92 Å². The number of hydrogen-bond acceptors (Lipinski definition) is 2. The summed E-state index contributed by atoms with van der Waals surface area (Å²) in [4.78, 5) is 1.83. The molecule has 102 valence electrons. The van der Waals surface area contributed by atoms with Gasteiger partial charge in [0.15, 0.2) is 17.3 Å². The Morgan fingerprint density at radius 1 is 1.25 bits per heavy atom. The zero-order valence-electron chi connectivity index (χ0n) is 10.9. The van der Waals surface area contributed by atoms with Crippen LogP contribution in [0.1, 0.15) is 0 Å². The first-order valence-corrected chi connectivity index (χ1v) is 6.36. The average Bonchev–Trinajstić information content (AvgIpc) is 2.42. The molecular weight excluding hydrogens is 277 g/mol. The third-order valence-electron chi connectivity index (χ3n) is 2.72. The quantitative estimate of drug-likeness (QED) is 0.776. The standard InChI is InChI=1S/C16H13ClFNO/c1-3-10-19(2)14-9-8-12(17)11-16(14)20-15-7-5-4-6-13(15)18/h1,4-9,11H,10H2,2H3. The van der Waals surface area contributed by atoms with E-state index in [0.717, 1.165) is 5.69 Å². The van der Waals surface area contributed by atoms with Gasteiger partial charge >= 0.3 is 0 Å². The molecule has 0 saturated heterocycles. The second-order valence-electron chi connectivity index (χ2n) is 4.20. The van der Waals surface area contributed by atoms with E-state index < -0.39 is 5.82 Å². The van der Waals surface area contributed by atoms with Gasteiger partial charge < -0.3 is 9.64 Å². The maximum atomic E-state index is 13.7. The second-order valence-corrected chi connectivity index (χ2v) is 4.64. The molecule has 0 heterocycles. The van der Waals surface area contributed by atoms with Crippen LogP contribution < -0.4 is 9.64 Å². The number of halogens is 2. The highest BCUT2D eigenvalue weighted by molar-refractivity contribution is 6.30. The summed E-state index contributed by atoms with van der Waals surface area (Å²) in [6.07, 6.45) is 5.30. The van der Waals surface area contributed by atoms with Crippen molar-refractivity contribution in [1.82, 2.24) is 0 Å². The number of ether oxygens (including phenoxy) is 1. The summed E-state index contributed by atoms with van der Waals surface area (Å²) >= 11 is 5.97. The zero-order chi connectivity index (χ0) is 14.5. The van der Waals surface area contributed by atoms with Crippen molar-refractivity contribution in [3.63, 3.8) is 0 Å². The molecule has 4 heteroatoms. The first-order valence-electron chi connectivity index (χ1n) is 5.98. The highest BCUT2D eigenvalue weighted by Gasteiger charge is 2.11. The van der Waals surface area contributed by atoms with Crippen LogP contribution in [0, 0.1) is 18.2 Å². The third kappa shape index (κ3) is 3.23. The molecule has 0 aliphatic heterocycles. The van der Waals surface area contributed by atoms with Crippen LogP contribution in [0.15, 0.2) is 42.5 Å². The molecule has 0 aliphatic rings. The summed E-state index contributed by atoms with van der Waals surface area (Å²) in [6.45, 7) is 0.412. The molecule has 0 atom stereocenters. The minimum atomic E-state index is -0.432. The van der Waals surface area contributed by atoms with Gasteiger partial charge in [0.1, 0.15) is 0 Å². The molecule has 20 heavy (non-hydrogen) atoms. The number of hydrogen-bond donors (Lipinski definition) is 0. The van der Waals surface area contributed by atoms with Crippen molar-refractivity contribution in [1.29, 1.82) is 0 Å². The number of para-hydroxylation sites is 1. The topological polar surface area (TPSA) is 12.5 Å². The van der Waals surface area contributed by atoms with Crippen molar-refractivity contribution in [2.75, 3.05) is 18.5 Å². The van der Waals surface area contributed by atoms with E-state index in [-0.39, 0.29) is 5.75 Å². The average molecular weight is 290 g/mol. The summed E-state index contributed by atoms with van der Waals surface area (Å²) < 4.78 is 19.3. The minimum Gasteiger partial charge on any atom is -0.452 e. The number of terminal acetylenes is 1. The van der Waals surface area contributed by atoms with Crippen LogP contribution in [0.3, 0.4) is 0 Å². The van der Waals surface area contributed by atoms with E-state index in [9.17, 15) is 4.39 Å². The van der Waals surface area contributed by atoms with Gasteiger partial charge in [-0.2, -0.15) is 0 Å². The van der Waals surface area contributed by atoms with Crippen LogP contribution >= 0.6 is 11.6 Å². The number of benzene rings is 2. The van der Waals surface area contributed by atoms with Crippen molar-refractivity contribution in [3.05, 3.63) is 53.3 Å². The van der Waals surface area contributed by atoms with Gasteiger partial charge in [0, 0.05) is 18.1 Å². The van der Waals surface area contributed by atoms with Gasteiger partial charge in [0.05, 0.1) is 12.2 Å². The lowest BCUT2D eigenvalue weighted by Crippen LogP contribution is -2.17. The van der Waals surface area contributed by atoms with Gasteiger partial charge in [0.2, 0.25) is 0 Å². The molecule has 0 spiro atoms.